The van der Waals surface area contributed by atoms with Crippen molar-refractivity contribution in [3.63, 3.8) is 0 Å². The van der Waals surface area contributed by atoms with Crippen LogP contribution in [-0.4, -0.2) is 58.6 Å². The number of Topliss-reactive ketones (excluding diaryl/α,β-unsaturated/α-hetero) is 1. The monoisotopic (exact) mass is 450 g/mol. The van der Waals surface area contributed by atoms with Crippen LogP contribution in [-0.2, 0) is 11.4 Å². The first-order valence-electron chi connectivity index (χ1n) is 9.02. The van der Waals surface area contributed by atoms with Crippen molar-refractivity contribution in [2.75, 3.05) is 26.0 Å². The summed E-state index contributed by atoms with van der Waals surface area (Å²) in [5, 5.41) is 15.6. The van der Waals surface area contributed by atoms with E-state index in [0.717, 1.165) is 26.4 Å². The summed E-state index contributed by atoms with van der Waals surface area (Å²) in [5.74, 6) is 0.0670. The SMILES string of the molecule is CC(=O)C1CC(N(C)CC(F)(F)F)C1.CNc1nc(-c2sc(CO)nc2C)cs1. The molecule has 162 valence electrons. The molecule has 3 rings (SSSR count). The molecule has 2 aromatic rings. The molecule has 0 saturated heterocycles. The van der Waals surface area contributed by atoms with Gasteiger partial charge >= 0.3 is 6.18 Å². The molecule has 1 fully saturated rings. The Bertz CT molecular complexity index is 816. The van der Waals surface area contributed by atoms with E-state index >= 15 is 0 Å². The van der Waals surface area contributed by atoms with Gasteiger partial charge in [-0.05, 0) is 33.7 Å². The van der Waals surface area contributed by atoms with Crippen molar-refractivity contribution in [3.8, 4) is 10.6 Å². The minimum absolute atomic E-state index is 0.00543. The highest BCUT2D eigenvalue weighted by molar-refractivity contribution is 7.16. The molecule has 2 N–H and O–H groups in total. The van der Waals surface area contributed by atoms with Crippen LogP contribution in [0, 0.1) is 12.8 Å². The molecule has 29 heavy (non-hydrogen) atoms. The second kappa shape index (κ2) is 9.96. The maximum atomic E-state index is 12.0. The smallest absolute Gasteiger partial charge is 0.389 e. The van der Waals surface area contributed by atoms with Gasteiger partial charge in [0.1, 0.15) is 10.8 Å². The quantitative estimate of drug-likeness (QED) is 0.694. The van der Waals surface area contributed by atoms with E-state index in [4.69, 9.17) is 5.11 Å². The van der Waals surface area contributed by atoms with Crippen LogP contribution < -0.4 is 5.32 Å². The number of aryl methyl sites for hydroxylation is 1. The van der Waals surface area contributed by atoms with Gasteiger partial charge < -0.3 is 10.4 Å². The van der Waals surface area contributed by atoms with E-state index < -0.39 is 12.7 Å². The fourth-order valence-corrected chi connectivity index (χ4v) is 4.56. The number of aliphatic hydroxyl groups is 1. The van der Waals surface area contributed by atoms with Crippen LogP contribution in [0.25, 0.3) is 10.6 Å². The van der Waals surface area contributed by atoms with Crippen LogP contribution in [0.5, 0.6) is 0 Å². The molecule has 2 aromatic heterocycles. The molecule has 0 spiro atoms. The van der Waals surface area contributed by atoms with E-state index in [9.17, 15) is 18.0 Å². The summed E-state index contributed by atoms with van der Waals surface area (Å²) in [6, 6.07) is -0.0782. The van der Waals surface area contributed by atoms with Gasteiger partial charge in [0.2, 0.25) is 0 Å². The number of hydrogen-bond acceptors (Lipinski definition) is 8. The minimum Gasteiger partial charge on any atom is -0.389 e. The average Bonchev–Trinajstić information content (AvgIpc) is 3.17. The molecule has 1 aliphatic carbocycles. The molecule has 0 atom stereocenters. The van der Waals surface area contributed by atoms with Crippen LogP contribution in [0.3, 0.4) is 0 Å². The van der Waals surface area contributed by atoms with Crippen molar-refractivity contribution in [2.45, 2.75) is 45.5 Å². The highest BCUT2D eigenvalue weighted by Crippen LogP contribution is 2.33. The second-order valence-corrected chi connectivity index (χ2v) is 8.87. The molecule has 0 aliphatic heterocycles. The Hall–Kier alpha value is -1.56. The number of carbonyl (C=O) groups is 1. The number of aliphatic hydroxyl groups excluding tert-OH is 1. The molecule has 0 aromatic carbocycles. The Balaban J connectivity index is 0.000000208. The van der Waals surface area contributed by atoms with Gasteiger partial charge in [-0.25, -0.2) is 9.97 Å². The number of halogens is 3. The molecular weight excluding hydrogens is 425 g/mol. The maximum absolute atomic E-state index is 12.0. The largest absolute Gasteiger partial charge is 0.401 e. The summed E-state index contributed by atoms with van der Waals surface area (Å²) >= 11 is 3.06. The van der Waals surface area contributed by atoms with Crippen molar-refractivity contribution in [1.82, 2.24) is 14.9 Å². The number of nitrogens with one attached hydrogen (secondary N) is 1. The molecule has 1 saturated carbocycles. The summed E-state index contributed by atoms with van der Waals surface area (Å²) in [4.78, 5) is 21.8. The molecular formula is C18H25F3N4O2S2. The molecule has 0 bridgehead atoms. The van der Waals surface area contributed by atoms with Gasteiger partial charge in [-0.15, -0.1) is 22.7 Å². The second-order valence-electron chi connectivity index (χ2n) is 6.93. The predicted octanol–water partition coefficient (Wildman–Crippen LogP) is 3.96. The van der Waals surface area contributed by atoms with E-state index in [1.807, 2.05) is 19.4 Å². The molecule has 11 heteroatoms. The first-order chi connectivity index (χ1) is 13.5. The maximum Gasteiger partial charge on any atom is 0.401 e. The van der Waals surface area contributed by atoms with Gasteiger partial charge in [0.15, 0.2) is 5.13 Å². The number of ketones is 1. The van der Waals surface area contributed by atoms with E-state index in [2.05, 4.69) is 15.3 Å². The summed E-state index contributed by atoms with van der Waals surface area (Å²) in [6.45, 7) is 2.53. The van der Waals surface area contributed by atoms with Crippen LogP contribution in [0.1, 0.15) is 30.5 Å². The van der Waals surface area contributed by atoms with Gasteiger partial charge in [0.25, 0.3) is 0 Å². The standard InChI is InChI=1S/C9H14F3NO.C9H11N3OS2/c1-6(14)7-3-8(4-7)13(2)5-9(10,11)12;1-5-8(15-7(3-13)11-5)6-4-14-9(10-2)12-6/h7-8H,3-5H2,1-2H3;4,13H,3H2,1-2H3,(H,10,12). The van der Waals surface area contributed by atoms with E-state index in [1.165, 1.54) is 30.2 Å². The topological polar surface area (TPSA) is 78.4 Å². The van der Waals surface area contributed by atoms with Gasteiger partial charge in [0.05, 0.1) is 29.4 Å². The minimum atomic E-state index is -4.14. The van der Waals surface area contributed by atoms with Gasteiger partial charge in [-0.3, -0.25) is 9.69 Å². The van der Waals surface area contributed by atoms with Crippen molar-refractivity contribution in [3.05, 3.63) is 16.1 Å². The first kappa shape index (κ1) is 23.7. The number of aromatic nitrogens is 2. The van der Waals surface area contributed by atoms with Crippen molar-refractivity contribution in [2.24, 2.45) is 5.92 Å². The lowest BCUT2D eigenvalue weighted by Crippen LogP contribution is -2.47. The molecule has 2 heterocycles. The fraction of sp³-hybridized carbons (Fsp3) is 0.611. The van der Waals surface area contributed by atoms with E-state index in [1.54, 1.807) is 11.3 Å². The Morgan fingerprint density at radius 3 is 2.48 bits per heavy atom. The number of hydrogen-bond donors (Lipinski definition) is 2. The van der Waals surface area contributed by atoms with Crippen molar-refractivity contribution >= 4 is 33.6 Å². The van der Waals surface area contributed by atoms with Gasteiger partial charge in [-0.1, -0.05) is 0 Å². The third kappa shape index (κ3) is 6.73. The normalized spacial score (nSPS) is 18.8. The lowest BCUT2D eigenvalue weighted by Gasteiger charge is -2.40. The number of thiazole rings is 2. The molecule has 6 nitrogen and oxygen atoms in total. The number of rotatable bonds is 6. The summed E-state index contributed by atoms with van der Waals surface area (Å²) in [6.07, 6.45) is -3.00. The van der Waals surface area contributed by atoms with Crippen LogP contribution in [0.2, 0.25) is 0 Å². The zero-order valence-electron chi connectivity index (χ0n) is 16.7. The van der Waals surface area contributed by atoms with E-state index in [-0.39, 0.29) is 24.3 Å². The first-order valence-corrected chi connectivity index (χ1v) is 10.7. The zero-order valence-corrected chi connectivity index (χ0v) is 18.3. The summed E-state index contributed by atoms with van der Waals surface area (Å²) in [7, 11) is 3.30. The zero-order chi connectivity index (χ0) is 21.8. The summed E-state index contributed by atoms with van der Waals surface area (Å²) < 4.78 is 35.9. The van der Waals surface area contributed by atoms with Gasteiger partial charge in [0, 0.05) is 24.4 Å². The fourth-order valence-electron chi connectivity index (χ4n) is 2.94. The van der Waals surface area contributed by atoms with Crippen molar-refractivity contribution in [1.29, 1.82) is 0 Å². The number of nitrogens with zero attached hydrogens (tertiary/aromatic N) is 3. The van der Waals surface area contributed by atoms with Crippen molar-refractivity contribution < 1.29 is 23.1 Å². The van der Waals surface area contributed by atoms with E-state index in [0.29, 0.717) is 12.8 Å². The molecule has 0 radical (unpaired) electrons. The van der Waals surface area contributed by atoms with Crippen LogP contribution in [0.15, 0.2) is 5.38 Å². The predicted molar refractivity (Wildman–Crippen MR) is 109 cm³/mol. The number of anilines is 1. The molecule has 1 aliphatic rings. The third-order valence-corrected chi connectivity index (χ3v) is 6.69. The highest BCUT2D eigenvalue weighted by Gasteiger charge is 2.39. The Morgan fingerprint density at radius 2 is 2.03 bits per heavy atom. The Kier molecular flexibility index (Phi) is 8.15. The molecule has 0 amide bonds. The van der Waals surface area contributed by atoms with Crippen LogP contribution in [0.4, 0.5) is 18.3 Å². The van der Waals surface area contributed by atoms with Gasteiger partial charge in [-0.2, -0.15) is 13.2 Å². The molecule has 0 unspecified atom stereocenters. The third-order valence-electron chi connectivity index (χ3n) is 4.67. The lowest BCUT2D eigenvalue weighted by molar-refractivity contribution is -0.153. The highest BCUT2D eigenvalue weighted by atomic mass is 32.1. The lowest BCUT2D eigenvalue weighted by atomic mass is 9.77. The summed E-state index contributed by atoms with van der Waals surface area (Å²) in [5.41, 5.74) is 1.86. The average molecular weight is 451 g/mol. The number of carbonyl (C=O) groups excluding carboxylic acids is 1. The van der Waals surface area contributed by atoms with Crippen LogP contribution >= 0.6 is 22.7 Å². The Morgan fingerprint density at radius 1 is 1.38 bits per heavy atom. The number of alkyl halides is 3. The Labute approximate surface area is 175 Å².